The van der Waals surface area contributed by atoms with Gasteiger partial charge in [0.05, 0.1) is 16.8 Å². The van der Waals surface area contributed by atoms with Gasteiger partial charge in [0.2, 0.25) is 5.91 Å². The Morgan fingerprint density at radius 2 is 1.66 bits per heavy atom. The van der Waals surface area contributed by atoms with E-state index in [4.69, 9.17) is 5.10 Å². The van der Waals surface area contributed by atoms with Crippen molar-refractivity contribution in [3.63, 3.8) is 0 Å². The molecule has 4 aromatic rings. The molecule has 1 amide bonds. The number of hydrogen-bond donors (Lipinski definition) is 1. The zero-order chi connectivity index (χ0) is 23.9. The third kappa shape index (κ3) is 5.85. The van der Waals surface area contributed by atoms with Gasteiger partial charge in [-0.1, -0.05) is 42.5 Å². The average Bonchev–Trinajstić information content (AvgIpc) is 3.59. The van der Waals surface area contributed by atoms with Crippen LogP contribution in [0.4, 0.5) is 5.69 Å². The molecule has 2 aromatic heterocycles. The van der Waals surface area contributed by atoms with Crippen molar-refractivity contribution < 1.29 is 4.79 Å². The highest BCUT2D eigenvalue weighted by molar-refractivity contribution is 7.13. The maximum absolute atomic E-state index is 12.4. The molecule has 7 nitrogen and oxygen atoms in total. The molecular formula is C27H28N6OS. The van der Waals surface area contributed by atoms with E-state index in [9.17, 15) is 4.79 Å². The number of anilines is 1. The number of hydrazone groups is 1. The number of nitrogens with one attached hydrogen (secondary N) is 1. The van der Waals surface area contributed by atoms with E-state index in [1.54, 1.807) is 17.6 Å². The van der Waals surface area contributed by atoms with Crippen molar-refractivity contribution in [2.45, 2.75) is 6.42 Å². The number of hydrogen-bond acceptors (Lipinski definition) is 6. The first-order valence-electron chi connectivity index (χ1n) is 11.8. The maximum Gasteiger partial charge on any atom is 0.241 e. The summed E-state index contributed by atoms with van der Waals surface area (Å²) in [6, 6.07) is 24.5. The van der Waals surface area contributed by atoms with Gasteiger partial charge in [-0.25, -0.2) is 10.1 Å². The summed E-state index contributed by atoms with van der Waals surface area (Å²) in [5.74, 6) is -0.0835. The first kappa shape index (κ1) is 23.0. The predicted octanol–water partition coefficient (Wildman–Crippen LogP) is 4.26. The van der Waals surface area contributed by atoms with Crippen molar-refractivity contribution in [1.82, 2.24) is 20.1 Å². The van der Waals surface area contributed by atoms with E-state index in [2.05, 4.69) is 44.6 Å². The van der Waals surface area contributed by atoms with Crippen LogP contribution in [-0.4, -0.2) is 59.5 Å². The Balaban J connectivity index is 1.15. The zero-order valence-electron chi connectivity index (χ0n) is 19.5. The molecule has 0 unspecified atom stereocenters. The first-order valence-corrected chi connectivity index (χ1v) is 12.7. The Kier molecular flexibility index (Phi) is 7.31. The van der Waals surface area contributed by atoms with Crippen LogP contribution in [0.1, 0.15) is 12.0 Å². The minimum Gasteiger partial charge on any atom is -0.369 e. The third-order valence-corrected chi connectivity index (χ3v) is 6.94. The fraction of sp³-hybridized carbons (Fsp3) is 0.222. The lowest BCUT2D eigenvalue weighted by Gasteiger charge is -2.36. The van der Waals surface area contributed by atoms with Crippen molar-refractivity contribution in [3.05, 3.63) is 89.9 Å². The second-order valence-electron chi connectivity index (χ2n) is 8.40. The summed E-state index contributed by atoms with van der Waals surface area (Å²) < 4.78 is 1.84. The highest BCUT2D eigenvalue weighted by atomic mass is 32.1. The van der Waals surface area contributed by atoms with Crippen molar-refractivity contribution in [2.24, 2.45) is 5.10 Å². The lowest BCUT2D eigenvalue weighted by Crippen LogP contribution is -2.47. The van der Waals surface area contributed by atoms with Gasteiger partial charge in [-0.2, -0.15) is 10.2 Å². The smallest absolute Gasteiger partial charge is 0.241 e. The molecule has 0 radical (unpaired) electrons. The summed E-state index contributed by atoms with van der Waals surface area (Å²) in [4.78, 5) is 18.2. The van der Waals surface area contributed by atoms with Crippen LogP contribution in [-0.2, 0) is 4.79 Å². The fourth-order valence-corrected chi connectivity index (χ4v) is 4.89. The molecule has 1 N–H and O–H groups in total. The molecule has 5 rings (SSSR count). The Bertz CT molecular complexity index is 1250. The van der Waals surface area contributed by atoms with Crippen LogP contribution in [0.15, 0.2) is 89.5 Å². The topological polar surface area (TPSA) is 65.8 Å². The lowest BCUT2D eigenvalue weighted by molar-refractivity contribution is -0.121. The van der Waals surface area contributed by atoms with Crippen LogP contribution in [0.2, 0.25) is 0 Å². The van der Waals surface area contributed by atoms with Gasteiger partial charge >= 0.3 is 0 Å². The number of carbonyl (C=O) groups excluding carboxylic acids is 1. The summed E-state index contributed by atoms with van der Waals surface area (Å²) in [6.07, 6.45) is 4.04. The molecule has 1 aliphatic rings. The van der Waals surface area contributed by atoms with Gasteiger partial charge in [0.15, 0.2) is 0 Å². The zero-order valence-corrected chi connectivity index (χ0v) is 20.3. The molecule has 0 bridgehead atoms. The van der Waals surface area contributed by atoms with Gasteiger partial charge < -0.3 is 4.90 Å². The summed E-state index contributed by atoms with van der Waals surface area (Å²) in [5, 5.41) is 11.0. The average molecular weight is 485 g/mol. The molecule has 1 fully saturated rings. The second-order valence-corrected chi connectivity index (χ2v) is 9.35. The molecule has 0 saturated carbocycles. The van der Waals surface area contributed by atoms with Crippen molar-refractivity contribution in [1.29, 1.82) is 0 Å². The van der Waals surface area contributed by atoms with E-state index in [0.29, 0.717) is 6.42 Å². The number of nitrogens with zero attached hydrogens (tertiary/aromatic N) is 5. The van der Waals surface area contributed by atoms with E-state index in [1.807, 2.05) is 64.8 Å². The van der Waals surface area contributed by atoms with Gasteiger partial charge in [-0.15, -0.1) is 11.3 Å². The normalized spacial score (nSPS) is 14.5. The van der Waals surface area contributed by atoms with E-state index >= 15 is 0 Å². The highest BCUT2D eigenvalue weighted by Crippen LogP contribution is 2.26. The number of carbonyl (C=O) groups is 1. The largest absolute Gasteiger partial charge is 0.369 e. The third-order valence-electron chi connectivity index (χ3n) is 6.06. The standard InChI is InChI=1S/C27H28N6OS/c34-26(13-14-31-15-17-32(18-16-31)23-8-3-1-4-9-23)29-28-20-22-21-33(24-10-5-2-6-11-24)30-27(22)25-12-7-19-35-25/h1-12,19-21H,13-18H2,(H,29,34). The van der Waals surface area contributed by atoms with Gasteiger partial charge in [0, 0.05) is 56.6 Å². The molecule has 2 aromatic carbocycles. The Morgan fingerprint density at radius 3 is 2.34 bits per heavy atom. The SMILES string of the molecule is O=C(CCN1CCN(c2ccccc2)CC1)NN=Cc1cn(-c2ccccc2)nc1-c1cccs1. The Morgan fingerprint density at radius 1 is 0.943 bits per heavy atom. The van der Waals surface area contributed by atoms with Gasteiger partial charge in [-0.3, -0.25) is 9.69 Å². The summed E-state index contributed by atoms with van der Waals surface area (Å²) in [6.45, 7) is 4.58. The minimum atomic E-state index is -0.0835. The van der Waals surface area contributed by atoms with Crippen LogP contribution < -0.4 is 10.3 Å². The number of thiophene rings is 1. The van der Waals surface area contributed by atoms with Crippen molar-refractivity contribution in [3.8, 4) is 16.3 Å². The van der Waals surface area contributed by atoms with E-state index in [0.717, 1.165) is 54.5 Å². The van der Waals surface area contributed by atoms with Crippen LogP contribution in [0.3, 0.4) is 0 Å². The lowest BCUT2D eigenvalue weighted by atomic mass is 10.2. The maximum atomic E-state index is 12.4. The van der Waals surface area contributed by atoms with Crippen LogP contribution in [0.5, 0.6) is 0 Å². The number of aromatic nitrogens is 2. The predicted molar refractivity (Wildman–Crippen MR) is 142 cm³/mol. The molecule has 35 heavy (non-hydrogen) atoms. The number of benzene rings is 2. The summed E-state index contributed by atoms with van der Waals surface area (Å²) in [5.41, 5.74) is 6.62. The van der Waals surface area contributed by atoms with E-state index in [1.165, 1.54) is 5.69 Å². The molecule has 1 saturated heterocycles. The number of para-hydroxylation sites is 2. The molecule has 0 spiro atoms. The molecular weight excluding hydrogens is 456 g/mol. The van der Waals surface area contributed by atoms with Crippen LogP contribution in [0, 0.1) is 0 Å². The second kappa shape index (κ2) is 11.1. The molecule has 3 heterocycles. The van der Waals surface area contributed by atoms with Crippen molar-refractivity contribution >= 4 is 29.1 Å². The van der Waals surface area contributed by atoms with E-state index < -0.39 is 0 Å². The van der Waals surface area contributed by atoms with Gasteiger partial charge in [0.1, 0.15) is 5.69 Å². The molecule has 0 aliphatic carbocycles. The van der Waals surface area contributed by atoms with E-state index in [-0.39, 0.29) is 5.91 Å². The first-order chi connectivity index (χ1) is 17.3. The fourth-order valence-electron chi connectivity index (χ4n) is 4.16. The van der Waals surface area contributed by atoms with Crippen LogP contribution in [0.25, 0.3) is 16.3 Å². The molecule has 8 heteroatoms. The van der Waals surface area contributed by atoms with Crippen molar-refractivity contribution in [2.75, 3.05) is 37.6 Å². The molecule has 1 aliphatic heterocycles. The number of amides is 1. The monoisotopic (exact) mass is 484 g/mol. The number of rotatable bonds is 8. The summed E-state index contributed by atoms with van der Waals surface area (Å²) >= 11 is 1.63. The Labute approximate surface area is 209 Å². The Hall–Kier alpha value is -3.75. The summed E-state index contributed by atoms with van der Waals surface area (Å²) in [7, 11) is 0. The minimum absolute atomic E-state index is 0.0835. The van der Waals surface area contributed by atoms with Gasteiger partial charge in [0.25, 0.3) is 0 Å². The molecule has 178 valence electrons. The molecule has 0 atom stereocenters. The van der Waals surface area contributed by atoms with Crippen LogP contribution >= 0.6 is 11.3 Å². The quantitative estimate of drug-likeness (QED) is 0.300. The highest BCUT2D eigenvalue weighted by Gasteiger charge is 2.17. The number of piperazine rings is 1. The van der Waals surface area contributed by atoms with Gasteiger partial charge in [-0.05, 0) is 35.7 Å².